The number of nitrogens with one attached hydrogen (secondary N) is 1. The van der Waals surface area contributed by atoms with E-state index < -0.39 is 0 Å². The highest BCUT2D eigenvalue weighted by atomic mass is 16.2. The molecule has 1 saturated heterocycles. The Bertz CT molecular complexity index is 427. The van der Waals surface area contributed by atoms with Crippen molar-refractivity contribution < 1.29 is 4.79 Å². The van der Waals surface area contributed by atoms with Crippen LogP contribution in [0.5, 0.6) is 0 Å². The topological polar surface area (TPSA) is 50.2 Å². The largest absolute Gasteiger partial charge is 0.347 e. The van der Waals surface area contributed by atoms with Crippen molar-refractivity contribution in [2.24, 2.45) is 5.92 Å². The summed E-state index contributed by atoms with van der Waals surface area (Å²) in [4.78, 5) is 13.7. The van der Waals surface area contributed by atoms with Crippen molar-refractivity contribution in [2.45, 2.75) is 38.8 Å². The molecule has 5 nitrogen and oxygen atoms in total. The highest BCUT2D eigenvalue weighted by Crippen LogP contribution is 2.21. The molecule has 2 atom stereocenters. The molecule has 1 aliphatic rings. The third-order valence-corrected chi connectivity index (χ3v) is 3.79. The predicted molar refractivity (Wildman–Crippen MR) is 74.8 cm³/mol. The zero-order valence-electron chi connectivity index (χ0n) is 12.1. The maximum Gasteiger partial charge on any atom is 0.239 e. The lowest BCUT2D eigenvalue weighted by molar-refractivity contribution is -0.131. The smallest absolute Gasteiger partial charge is 0.239 e. The zero-order chi connectivity index (χ0) is 13.8. The molecule has 0 radical (unpaired) electrons. The summed E-state index contributed by atoms with van der Waals surface area (Å²) in [5, 5.41) is 7.63. The molecule has 0 bridgehead atoms. The van der Waals surface area contributed by atoms with Crippen LogP contribution >= 0.6 is 0 Å². The summed E-state index contributed by atoms with van der Waals surface area (Å²) < 4.78 is 1.96. The fourth-order valence-corrected chi connectivity index (χ4v) is 2.70. The Hall–Kier alpha value is -1.36. The summed E-state index contributed by atoms with van der Waals surface area (Å²) in [7, 11) is 3.64. The molecule has 2 rings (SSSR count). The molecule has 0 aliphatic carbocycles. The van der Waals surface area contributed by atoms with Gasteiger partial charge in [-0.2, -0.15) is 5.10 Å². The summed E-state index contributed by atoms with van der Waals surface area (Å²) in [5.41, 5.74) is 1.28. The van der Waals surface area contributed by atoms with Gasteiger partial charge >= 0.3 is 0 Å². The van der Waals surface area contributed by atoms with Crippen molar-refractivity contribution in [3.63, 3.8) is 0 Å². The number of piperidine rings is 1. The monoisotopic (exact) mass is 264 g/mol. The normalized spacial score (nSPS) is 23.3. The van der Waals surface area contributed by atoms with Gasteiger partial charge in [-0.3, -0.25) is 9.48 Å². The van der Waals surface area contributed by atoms with Crippen LogP contribution in [-0.4, -0.2) is 47.3 Å². The second-order valence-electron chi connectivity index (χ2n) is 5.54. The summed E-state index contributed by atoms with van der Waals surface area (Å²) in [6, 6.07) is -0.0185. The SMILES string of the molecule is CCn1cc(CC2CCNC(C(=O)N(C)C)C2)cn1. The van der Waals surface area contributed by atoms with Crippen molar-refractivity contribution in [2.75, 3.05) is 20.6 Å². The molecule has 0 saturated carbocycles. The minimum atomic E-state index is -0.0185. The maximum absolute atomic E-state index is 12.0. The lowest BCUT2D eigenvalue weighted by Crippen LogP contribution is -2.48. The van der Waals surface area contributed by atoms with Crippen molar-refractivity contribution in [3.05, 3.63) is 18.0 Å². The maximum atomic E-state index is 12.0. The van der Waals surface area contributed by atoms with E-state index >= 15 is 0 Å². The Morgan fingerprint density at radius 3 is 3.00 bits per heavy atom. The molecule has 106 valence electrons. The highest BCUT2D eigenvalue weighted by molar-refractivity contribution is 5.81. The number of amides is 1. The molecule has 19 heavy (non-hydrogen) atoms. The van der Waals surface area contributed by atoms with Gasteiger partial charge in [-0.1, -0.05) is 0 Å². The summed E-state index contributed by atoms with van der Waals surface area (Å²) in [6.07, 6.45) is 7.15. The van der Waals surface area contributed by atoms with E-state index in [1.165, 1.54) is 5.56 Å². The first-order chi connectivity index (χ1) is 9.10. The number of aromatic nitrogens is 2. The molecule has 1 amide bonds. The number of hydrogen-bond donors (Lipinski definition) is 1. The molecule has 1 fully saturated rings. The zero-order valence-corrected chi connectivity index (χ0v) is 12.1. The van der Waals surface area contributed by atoms with Gasteiger partial charge in [0.05, 0.1) is 12.2 Å². The second kappa shape index (κ2) is 6.19. The quantitative estimate of drug-likeness (QED) is 0.879. The number of nitrogens with zero attached hydrogens (tertiary/aromatic N) is 3. The Balaban J connectivity index is 1.92. The van der Waals surface area contributed by atoms with Gasteiger partial charge in [0.15, 0.2) is 0 Å². The minimum Gasteiger partial charge on any atom is -0.347 e. The number of carbonyl (C=O) groups is 1. The molecular weight excluding hydrogens is 240 g/mol. The van der Waals surface area contributed by atoms with Crippen molar-refractivity contribution in [1.29, 1.82) is 0 Å². The first-order valence-corrected chi connectivity index (χ1v) is 7.06. The van der Waals surface area contributed by atoms with Crippen LogP contribution < -0.4 is 5.32 Å². The average Bonchev–Trinajstić information content (AvgIpc) is 2.85. The Labute approximate surface area is 115 Å². The molecule has 1 aromatic rings. The van der Waals surface area contributed by atoms with Gasteiger partial charge in [-0.15, -0.1) is 0 Å². The van der Waals surface area contributed by atoms with Crippen LogP contribution in [0.2, 0.25) is 0 Å². The molecule has 0 aromatic carbocycles. The first-order valence-electron chi connectivity index (χ1n) is 7.06. The fourth-order valence-electron chi connectivity index (χ4n) is 2.70. The van der Waals surface area contributed by atoms with E-state index in [9.17, 15) is 4.79 Å². The first kappa shape index (κ1) is 14.1. The van der Waals surface area contributed by atoms with Crippen LogP contribution in [-0.2, 0) is 17.8 Å². The van der Waals surface area contributed by atoms with Gasteiger partial charge in [-0.25, -0.2) is 0 Å². The average molecular weight is 264 g/mol. The molecule has 0 spiro atoms. The summed E-state index contributed by atoms with van der Waals surface area (Å²) in [6.45, 7) is 3.93. The molecule has 1 aromatic heterocycles. The van der Waals surface area contributed by atoms with Crippen LogP contribution in [0.1, 0.15) is 25.3 Å². The van der Waals surface area contributed by atoms with Crippen LogP contribution in [0.4, 0.5) is 0 Å². The molecule has 1 N–H and O–H groups in total. The fraction of sp³-hybridized carbons (Fsp3) is 0.714. The number of aryl methyl sites for hydroxylation is 1. The van der Waals surface area contributed by atoms with Gasteiger partial charge in [-0.05, 0) is 44.2 Å². The molecule has 2 unspecified atom stereocenters. The van der Waals surface area contributed by atoms with E-state index in [0.29, 0.717) is 5.92 Å². The highest BCUT2D eigenvalue weighted by Gasteiger charge is 2.27. The van der Waals surface area contributed by atoms with Gasteiger partial charge in [0.1, 0.15) is 0 Å². The molecule has 1 aliphatic heterocycles. The Morgan fingerprint density at radius 1 is 1.58 bits per heavy atom. The van der Waals surface area contributed by atoms with E-state index in [-0.39, 0.29) is 11.9 Å². The van der Waals surface area contributed by atoms with E-state index in [1.807, 2.05) is 25.0 Å². The number of rotatable bonds is 4. The van der Waals surface area contributed by atoms with Gasteiger partial charge in [0.2, 0.25) is 5.91 Å². The van der Waals surface area contributed by atoms with Crippen LogP contribution in [0.25, 0.3) is 0 Å². The van der Waals surface area contributed by atoms with Crippen molar-refractivity contribution in [1.82, 2.24) is 20.0 Å². The second-order valence-corrected chi connectivity index (χ2v) is 5.54. The third kappa shape index (κ3) is 3.56. The minimum absolute atomic E-state index is 0.0185. The van der Waals surface area contributed by atoms with E-state index in [1.54, 1.807) is 4.90 Å². The van der Waals surface area contributed by atoms with E-state index in [0.717, 1.165) is 32.4 Å². The molecule has 5 heteroatoms. The van der Waals surface area contributed by atoms with E-state index in [4.69, 9.17) is 0 Å². The Kier molecular flexibility index (Phi) is 4.58. The number of hydrogen-bond acceptors (Lipinski definition) is 3. The Morgan fingerprint density at radius 2 is 2.37 bits per heavy atom. The van der Waals surface area contributed by atoms with Crippen LogP contribution in [0, 0.1) is 5.92 Å². The van der Waals surface area contributed by atoms with Gasteiger partial charge in [0.25, 0.3) is 0 Å². The molecular formula is C14H24N4O. The van der Waals surface area contributed by atoms with Gasteiger partial charge < -0.3 is 10.2 Å². The third-order valence-electron chi connectivity index (χ3n) is 3.79. The number of carbonyl (C=O) groups excluding carboxylic acids is 1. The van der Waals surface area contributed by atoms with Crippen molar-refractivity contribution in [3.8, 4) is 0 Å². The van der Waals surface area contributed by atoms with Crippen LogP contribution in [0.15, 0.2) is 12.4 Å². The predicted octanol–water partition coefficient (Wildman–Crippen LogP) is 0.902. The van der Waals surface area contributed by atoms with Crippen molar-refractivity contribution >= 4 is 5.91 Å². The molecule has 2 heterocycles. The summed E-state index contributed by atoms with van der Waals surface area (Å²) >= 11 is 0. The lowest BCUT2D eigenvalue weighted by atomic mass is 9.87. The van der Waals surface area contributed by atoms with Gasteiger partial charge in [0, 0.05) is 26.8 Å². The number of likely N-dealkylation sites (N-methyl/N-ethyl adjacent to an activating group) is 1. The van der Waals surface area contributed by atoms with E-state index in [2.05, 4.69) is 23.5 Å². The lowest BCUT2D eigenvalue weighted by Gasteiger charge is -2.30. The standard InChI is InChI=1S/C14H24N4O/c1-4-18-10-12(9-16-18)7-11-5-6-15-13(8-11)14(19)17(2)3/h9-11,13,15H,4-8H2,1-3H3. The summed E-state index contributed by atoms with van der Waals surface area (Å²) in [5.74, 6) is 0.763. The van der Waals surface area contributed by atoms with Crippen LogP contribution in [0.3, 0.4) is 0 Å².